The van der Waals surface area contributed by atoms with Crippen LogP contribution in [0.15, 0.2) is 29.7 Å². The summed E-state index contributed by atoms with van der Waals surface area (Å²) in [7, 11) is 0. The van der Waals surface area contributed by atoms with E-state index in [1.54, 1.807) is 12.4 Å². The average Bonchev–Trinajstić information content (AvgIpc) is 3.00. The van der Waals surface area contributed by atoms with Gasteiger partial charge in [-0.25, -0.2) is 0 Å². The summed E-state index contributed by atoms with van der Waals surface area (Å²) in [6, 6.07) is 3.94. The van der Waals surface area contributed by atoms with Gasteiger partial charge in [0.15, 0.2) is 11.0 Å². The van der Waals surface area contributed by atoms with E-state index in [1.807, 2.05) is 37.5 Å². The number of carbonyl (C=O) groups is 1. The third-order valence-electron chi connectivity index (χ3n) is 3.31. The standard InChI is InChI=1S/C17H25N5O2S/c1-4-24-11-5-10-22-16(14-6-8-18-9-7-14)20-21-17(22)25-12-15(23)19-13(2)3/h6-9,13H,4-5,10-12H2,1-3H3,(H,19,23). The van der Waals surface area contributed by atoms with Gasteiger partial charge in [0.1, 0.15) is 0 Å². The topological polar surface area (TPSA) is 81.9 Å². The zero-order chi connectivity index (χ0) is 18.1. The van der Waals surface area contributed by atoms with Crippen LogP contribution in [0.25, 0.3) is 11.4 Å². The van der Waals surface area contributed by atoms with Crippen molar-refractivity contribution in [2.45, 2.75) is 44.9 Å². The van der Waals surface area contributed by atoms with Crippen LogP contribution < -0.4 is 5.32 Å². The first-order chi connectivity index (χ1) is 12.1. The lowest BCUT2D eigenvalue weighted by Gasteiger charge is -2.11. The Hall–Kier alpha value is -1.93. The van der Waals surface area contributed by atoms with E-state index in [2.05, 4.69) is 20.5 Å². The van der Waals surface area contributed by atoms with E-state index in [0.29, 0.717) is 19.0 Å². The average molecular weight is 363 g/mol. The molecule has 2 aromatic rings. The van der Waals surface area contributed by atoms with Crippen molar-refractivity contribution >= 4 is 17.7 Å². The quantitative estimate of drug-likeness (QED) is 0.515. The third-order valence-corrected chi connectivity index (χ3v) is 4.28. The summed E-state index contributed by atoms with van der Waals surface area (Å²) in [6.07, 6.45) is 4.32. The normalized spacial score (nSPS) is 11.0. The van der Waals surface area contributed by atoms with E-state index in [4.69, 9.17) is 4.74 Å². The second-order valence-electron chi connectivity index (χ2n) is 5.76. The molecular formula is C17H25N5O2S. The number of nitrogens with zero attached hydrogens (tertiary/aromatic N) is 4. The fraction of sp³-hybridized carbons (Fsp3) is 0.529. The fourth-order valence-electron chi connectivity index (χ4n) is 2.27. The van der Waals surface area contributed by atoms with Crippen molar-refractivity contribution in [3.05, 3.63) is 24.5 Å². The second kappa shape index (κ2) is 10.1. The highest BCUT2D eigenvalue weighted by atomic mass is 32.2. The SMILES string of the molecule is CCOCCCn1c(SCC(=O)NC(C)C)nnc1-c1ccncc1. The zero-order valence-corrected chi connectivity index (χ0v) is 15.8. The van der Waals surface area contributed by atoms with Crippen molar-refractivity contribution in [3.63, 3.8) is 0 Å². The van der Waals surface area contributed by atoms with Crippen LogP contribution in [0.1, 0.15) is 27.2 Å². The molecule has 1 amide bonds. The Kier molecular flexibility index (Phi) is 7.87. The fourth-order valence-corrected chi connectivity index (χ4v) is 3.05. The van der Waals surface area contributed by atoms with Crippen LogP contribution in [0.2, 0.25) is 0 Å². The molecule has 2 aromatic heterocycles. The van der Waals surface area contributed by atoms with Gasteiger partial charge in [-0.1, -0.05) is 11.8 Å². The van der Waals surface area contributed by atoms with E-state index in [0.717, 1.165) is 29.5 Å². The number of hydrogen-bond donors (Lipinski definition) is 1. The molecule has 0 unspecified atom stereocenters. The molecule has 25 heavy (non-hydrogen) atoms. The van der Waals surface area contributed by atoms with Crippen LogP contribution in [-0.2, 0) is 16.1 Å². The number of carbonyl (C=O) groups excluding carboxylic acids is 1. The minimum absolute atomic E-state index is 0.00525. The molecule has 7 nitrogen and oxygen atoms in total. The Labute approximate surface area is 152 Å². The molecule has 0 spiro atoms. The second-order valence-corrected chi connectivity index (χ2v) is 6.70. The van der Waals surface area contributed by atoms with E-state index >= 15 is 0 Å². The van der Waals surface area contributed by atoms with Crippen LogP contribution >= 0.6 is 11.8 Å². The number of thioether (sulfide) groups is 1. The van der Waals surface area contributed by atoms with Gasteiger partial charge in [-0.15, -0.1) is 10.2 Å². The predicted octanol–water partition coefficient (Wildman–Crippen LogP) is 2.38. The molecule has 0 saturated carbocycles. The Morgan fingerprint density at radius 3 is 2.76 bits per heavy atom. The Morgan fingerprint density at radius 1 is 1.32 bits per heavy atom. The lowest BCUT2D eigenvalue weighted by Crippen LogP contribution is -2.31. The number of hydrogen-bond acceptors (Lipinski definition) is 6. The van der Waals surface area contributed by atoms with Gasteiger partial charge in [-0.2, -0.15) is 0 Å². The first-order valence-corrected chi connectivity index (χ1v) is 9.43. The van der Waals surface area contributed by atoms with E-state index in [1.165, 1.54) is 11.8 Å². The Bertz CT molecular complexity index is 660. The van der Waals surface area contributed by atoms with Gasteiger partial charge in [0.2, 0.25) is 5.91 Å². The molecule has 0 atom stereocenters. The van der Waals surface area contributed by atoms with Crippen LogP contribution in [0, 0.1) is 0 Å². The Morgan fingerprint density at radius 2 is 2.08 bits per heavy atom. The highest BCUT2D eigenvalue weighted by Crippen LogP contribution is 2.24. The number of pyridine rings is 1. The maximum atomic E-state index is 11.9. The maximum Gasteiger partial charge on any atom is 0.230 e. The van der Waals surface area contributed by atoms with Crippen LogP contribution in [-0.4, -0.2) is 50.7 Å². The molecule has 0 aromatic carbocycles. The number of ether oxygens (including phenoxy) is 1. The first-order valence-electron chi connectivity index (χ1n) is 8.45. The van der Waals surface area contributed by atoms with Crippen LogP contribution in [0.3, 0.4) is 0 Å². The zero-order valence-electron chi connectivity index (χ0n) is 14.9. The number of nitrogens with one attached hydrogen (secondary N) is 1. The predicted molar refractivity (Wildman–Crippen MR) is 98.4 cm³/mol. The summed E-state index contributed by atoms with van der Waals surface area (Å²) in [5.74, 6) is 1.10. The highest BCUT2D eigenvalue weighted by Gasteiger charge is 2.15. The summed E-state index contributed by atoms with van der Waals surface area (Å²) >= 11 is 1.40. The lowest BCUT2D eigenvalue weighted by atomic mass is 10.2. The molecule has 0 aliphatic carbocycles. The largest absolute Gasteiger partial charge is 0.382 e. The maximum absolute atomic E-state index is 11.9. The first kappa shape index (κ1) is 19.4. The summed E-state index contributed by atoms with van der Waals surface area (Å²) in [4.78, 5) is 15.9. The van der Waals surface area contributed by atoms with Crippen LogP contribution in [0.4, 0.5) is 0 Å². The minimum Gasteiger partial charge on any atom is -0.382 e. The van der Waals surface area contributed by atoms with Gasteiger partial charge >= 0.3 is 0 Å². The smallest absolute Gasteiger partial charge is 0.230 e. The molecule has 0 bridgehead atoms. The van der Waals surface area contributed by atoms with Gasteiger partial charge in [-0.3, -0.25) is 9.78 Å². The van der Waals surface area contributed by atoms with Gasteiger partial charge in [-0.05, 0) is 39.3 Å². The Balaban J connectivity index is 2.12. The van der Waals surface area contributed by atoms with Gasteiger partial charge in [0, 0.05) is 43.8 Å². The van der Waals surface area contributed by atoms with Gasteiger partial charge < -0.3 is 14.6 Å². The number of amides is 1. The third kappa shape index (κ3) is 6.13. The summed E-state index contributed by atoms with van der Waals surface area (Å²) in [5.41, 5.74) is 0.956. The summed E-state index contributed by atoms with van der Waals surface area (Å²) in [6.45, 7) is 7.99. The van der Waals surface area contributed by atoms with Crippen LogP contribution in [0.5, 0.6) is 0 Å². The molecule has 0 aliphatic heterocycles. The van der Waals surface area contributed by atoms with E-state index in [-0.39, 0.29) is 11.9 Å². The molecule has 0 fully saturated rings. The lowest BCUT2D eigenvalue weighted by molar-refractivity contribution is -0.119. The van der Waals surface area contributed by atoms with Crippen molar-refractivity contribution < 1.29 is 9.53 Å². The molecule has 0 aliphatic rings. The molecule has 0 radical (unpaired) electrons. The molecule has 2 rings (SSSR count). The van der Waals surface area contributed by atoms with Crippen molar-refractivity contribution in [1.29, 1.82) is 0 Å². The molecule has 8 heteroatoms. The molecule has 136 valence electrons. The molecule has 1 N–H and O–H groups in total. The molecule has 0 saturated heterocycles. The van der Waals surface area contributed by atoms with Crippen molar-refractivity contribution in [2.24, 2.45) is 0 Å². The number of rotatable bonds is 10. The van der Waals surface area contributed by atoms with Crippen molar-refractivity contribution in [3.8, 4) is 11.4 Å². The van der Waals surface area contributed by atoms with Crippen molar-refractivity contribution in [1.82, 2.24) is 25.1 Å². The monoisotopic (exact) mass is 363 g/mol. The molecule has 2 heterocycles. The minimum atomic E-state index is -0.00525. The highest BCUT2D eigenvalue weighted by molar-refractivity contribution is 7.99. The van der Waals surface area contributed by atoms with E-state index < -0.39 is 0 Å². The summed E-state index contributed by atoms with van der Waals surface area (Å²) < 4.78 is 7.47. The number of aromatic nitrogens is 4. The molecular weight excluding hydrogens is 338 g/mol. The van der Waals surface area contributed by atoms with Gasteiger partial charge in [0.25, 0.3) is 0 Å². The van der Waals surface area contributed by atoms with Crippen molar-refractivity contribution in [2.75, 3.05) is 19.0 Å². The summed E-state index contributed by atoms with van der Waals surface area (Å²) in [5, 5.41) is 12.2. The van der Waals surface area contributed by atoms with E-state index in [9.17, 15) is 4.79 Å². The van der Waals surface area contributed by atoms with Gasteiger partial charge in [0.05, 0.1) is 5.75 Å².